The zero-order chi connectivity index (χ0) is 8.27. The third-order valence-electron chi connectivity index (χ3n) is 1.66. The molecular weight excluding hydrogens is 177 g/mol. The van der Waals surface area contributed by atoms with Crippen LogP contribution in [0, 0.1) is 5.82 Å². The molecule has 0 aliphatic heterocycles. The molecule has 1 nitrogen and oxygen atoms in total. The summed E-state index contributed by atoms with van der Waals surface area (Å²) in [5.41, 5.74) is 7.24. The first kappa shape index (κ1) is 11.4. The topological polar surface area (TPSA) is 26.0 Å². The third-order valence-corrected chi connectivity index (χ3v) is 1.66. The van der Waals surface area contributed by atoms with E-state index in [-0.39, 0.29) is 18.2 Å². The van der Waals surface area contributed by atoms with Crippen LogP contribution in [-0.2, 0) is 13.0 Å². The third kappa shape index (κ3) is 2.80. The lowest BCUT2D eigenvalue weighted by Gasteiger charge is -2.00. The molecule has 0 amide bonds. The Balaban J connectivity index is 0.00000121. The molecule has 0 atom stereocenters. The van der Waals surface area contributed by atoms with Crippen molar-refractivity contribution >= 4 is 12.4 Å². The summed E-state index contributed by atoms with van der Waals surface area (Å²) in [5, 5.41) is 0. The minimum Gasteiger partial charge on any atom is -0.326 e. The molecule has 0 aromatic heterocycles. The monoisotopic (exact) mass is 189 g/mol. The maximum absolute atomic E-state index is 12.7. The van der Waals surface area contributed by atoms with Gasteiger partial charge in [0.25, 0.3) is 0 Å². The van der Waals surface area contributed by atoms with E-state index in [1.165, 1.54) is 6.07 Å². The van der Waals surface area contributed by atoms with Crippen molar-refractivity contribution in [2.75, 3.05) is 0 Å². The Morgan fingerprint density at radius 3 is 2.33 bits per heavy atom. The lowest BCUT2D eigenvalue weighted by Crippen LogP contribution is -1.98. The SMILES string of the molecule is CCc1cc(F)cc(CN)c1.Cl. The second-order valence-electron chi connectivity index (χ2n) is 2.53. The normalized spacial score (nSPS) is 9.25. The molecule has 0 radical (unpaired) electrons. The summed E-state index contributed by atoms with van der Waals surface area (Å²) < 4.78 is 12.7. The van der Waals surface area contributed by atoms with Gasteiger partial charge in [0.1, 0.15) is 5.82 Å². The van der Waals surface area contributed by atoms with Gasteiger partial charge >= 0.3 is 0 Å². The molecule has 2 N–H and O–H groups in total. The summed E-state index contributed by atoms with van der Waals surface area (Å²) in [6.45, 7) is 2.40. The van der Waals surface area contributed by atoms with Gasteiger partial charge in [0, 0.05) is 6.54 Å². The van der Waals surface area contributed by atoms with Gasteiger partial charge in [-0.2, -0.15) is 0 Å². The Hall–Kier alpha value is -0.600. The predicted octanol–water partition coefficient (Wildman–Crippen LogP) is 2.27. The smallest absolute Gasteiger partial charge is 0.123 e. The van der Waals surface area contributed by atoms with E-state index in [0.717, 1.165) is 17.5 Å². The molecule has 12 heavy (non-hydrogen) atoms. The highest BCUT2D eigenvalue weighted by Gasteiger charge is 1.96. The average Bonchev–Trinajstić information content (AvgIpc) is 2.03. The molecule has 0 aliphatic rings. The fourth-order valence-electron chi connectivity index (χ4n) is 1.04. The van der Waals surface area contributed by atoms with Crippen molar-refractivity contribution in [2.24, 2.45) is 5.73 Å². The van der Waals surface area contributed by atoms with Crippen LogP contribution in [0.25, 0.3) is 0 Å². The largest absolute Gasteiger partial charge is 0.326 e. The van der Waals surface area contributed by atoms with E-state index >= 15 is 0 Å². The van der Waals surface area contributed by atoms with Crippen LogP contribution in [0.15, 0.2) is 18.2 Å². The van der Waals surface area contributed by atoms with Crippen molar-refractivity contribution in [3.05, 3.63) is 35.1 Å². The molecule has 68 valence electrons. The van der Waals surface area contributed by atoms with Crippen LogP contribution < -0.4 is 5.73 Å². The van der Waals surface area contributed by atoms with E-state index in [4.69, 9.17) is 5.73 Å². The summed E-state index contributed by atoms with van der Waals surface area (Å²) in [7, 11) is 0. The first-order valence-electron chi connectivity index (χ1n) is 3.74. The zero-order valence-corrected chi connectivity index (χ0v) is 7.83. The fourth-order valence-corrected chi connectivity index (χ4v) is 1.04. The van der Waals surface area contributed by atoms with E-state index in [1.807, 2.05) is 13.0 Å². The second-order valence-corrected chi connectivity index (χ2v) is 2.53. The maximum atomic E-state index is 12.7. The van der Waals surface area contributed by atoms with Crippen LogP contribution in [0.3, 0.4) is 0 Å². The molecule has 0 fully saturated rings. The summed E-state index contributed by atoms with van der Waals surface area (Å²) in [6.07, 6.45) is 0.852. The molecule has 0 bridgehead atoms. The molecule has 1 rings (SSSR count). The molecule has 0 aliphatic carbocycles. The van der Waals surface area contributed by atoms with Crippen LogP contribution in [-0.4, -0.2) is 0 Å². The Labute approximate surface area is 78.2 Å². The standard InChI is InChI=1S/C9H12FN.ClH/c1-2-7-3-8(6-11)5-9(10)4-7;/h3-5H,2,6,11H2,1H3;1H. The molecular formula is C9H13ClFN. The number of hydrogen-bond acceptors (Lipinski definition) is 1. The lowest BCUT2D eigenvalue weighted by atomic mass is 10.1. The Bertz CT molecular complexity index is 228. The predicted molar refractivity (Wildman–Crippen MR) is 50.9 cm³/mol. The van der Waals surface area contributed by atoms with Crippen molar-refractivity contribution in [1.82, 2.24) is 0 Å². The van der Waals surface area contributed by atoms with Gasteiger partial charge in [-0.15, -0.1) is 12.4 Å². The van der Waals surface area contributed by atoms with Gasteiger partial charge in [-0.25, -0.2) is 4.39 Å². The molecule has 0 unspecified atom stereocenters. The van der Waals surface area contributed by atoms with E-state index < -0.39 is 0 Å². The van der Waals surface area contributed by atoms with Gasteiger partial charge in [0.15, 0.2) is 0 Å². The number of hydrogen-bond donors (Lipinski definition) is 1. The first-order valence-corrected chi connectivity index (χ1v) is 3.74. The average molecular weight is 190 g/mol. The van der Waals surface area contributed by atoms with Gasteiger partial charge < -0.3 is 5.73 Å². The molecule has 1 aromatic carbocycles. The molecule has 1 aromatic rings. The van der Waals surface area contributed by atoms with Crippen molar-refractivity contribution in [3.8, 4) is 0 Å². The first-order chi connectivity index (χ1) is 5.26. The molecule has 0 heterocycles. The summed E-state index contributed by atoms with van der Waals surface area (Å²) in [5.74, 6) is -0.190. The Kier molecular flexibility index (Phi) is 4.86. The Morgan fingerprint density at radius 2 is 1.83 bits per heavy atom. The van der Waals surface area contributed by atoms with Crippen molar-refractivity contribution in [2.45, 2.75) is 19.9 Å². The number of halogens is 2. The summed E-state index contributed by atoms with van der Waals surface area (Å²) in [6, 6.07) is 4.95. The van der Waals surface area contributed by atoms with Crippen LogP contribution in [0.2, 0.25) is 0 Å². The number of benzene rings is 1. The minimum absolute atomic E-state index is 0. The van der Waals surface area contributed by atoms with Gasteiger partial charge in [-0.1, -0.05) is 13.0 Å². The van der Waals surface area contributed by atoms with E-state index in [1.54, 1.807) is 6.07 Å². The highest BCUT2D eigenvalue weighted by molar-refractivity contribution is 5.85. The van der Waals surface area contributed by atoms with Crippen LogP contribution >= 0.6 is 12.4 Å². The maximum Gasteiger partial charge on any atom is 0.123 e. The summed E-state index contributed by atoms with van der Waals surface area (Å²) in [4.78, 5) is 0. The lowest BCUT2D eigenvalue weighted by molar-refractivity contribution is 0.623. The van der Waals surface area contributed by atoms with Crippen LogP contribution in [0.1, 0.15) is 18.1 Å². The highest BCUT2D eigenvalue weighted by atomic mass is 35.5. The van der Waals surface area contributed by atoms with Crippen LogP contribution in [0.4, 0.5) is 4.39 Å². The zero-order valence-electron chi connectivity index (χ0n) is 7.01. The van der Waals surface area contributed by atoms with Gasteiger partial charge in [0.2, 0.25) is 0 Å². The van der Waals surface area contributed by atoms with E-state index in [2.05, 4.69) is 0 Å². The molecule has 0 spiro atoms. The molecule has 0 saturated carbocycles. The van der Waals surface area contributed by atoms with Crippen molar-refractivity contribution in [1.29, 1.82) is 0 Å². The van der Waals surface area contributed by atoms with E-state index in [9.17, 15) is 4.39 Å². The highest BCUT2D eigenvalue weighted by Crippen LogP contribution is 2.08. The van der Waals surface area contributed by atoms with E-state index in [0.29, 0.717) is 6.54 Å². The van der Waals surface area contributed by atoms with Crippen molar-refractivity contribution < 1.29 is 4.39 Å². The minimum atomic E-state index is -0.190. The number of nitrogens with two attached hydrogens (primary N) is 1. The summed E-state index contributed by atoms with van der Waals surface area (Å²) >= 11 is 0. The number of rotatable bonds is 2. The quantitative estimate of drug-likeness (QED) is 0.759. The Morgan fingerprint density at radius 1 is 1.25 bits per heavy atom. The van der Waals surface area contributed by atoms with Crippen LogP contribution in [0.5, 0.6) is 0 Å². The van der Waals surface area contributed by atoms with Crippen molar-refractivity contribution in [3.63, 3.8) is 0 Å². The van der Waals surface area contributed by atoms with Gasteiger partial charge in [-0.3, -0.25) is 0 Å². The number of aryl methyl sites for hydroxylation is 1. The molecule has 0 saturated heterocycles. The van der Waals surface area contributed by atoms with Gasteiger partial charge in [-0.05, 0) is 29.7 Å². The second kappa shape index (κ2) is 5.12. The van der Waals surface area contributed by atoms with Gasteiger partial charge in [0.05, 0.1) is 0 Å². The molecule has 3 heteroatoms. The fraction of sp³-hybridized carbons (Fsp3) is 0.333.